The summed E-state index contributed by atoms with van der Waals surface area (Å²) < 4.78 is 31.9. The summed E-state index contributed by atoms with van der Waals surface area (Å²) in [6.45, 7) is 0. The van der Waals surface area contributed by atoms with Crippen molar-refractivity contribution in [2.24, 2.45) is 5.92 Å². The molecule has 4 heterocycles. The molecule has 0 amide bonds. The maximum Gasteiger partial charge on any atom is 0.337 e. The van der Waals surface area contributed by atoms with E-state index in [4.69, 9.17) is 0 Å². The molecule has 0 unspecified atom stereocenters. The molecule has 11 heteroatoms. The molecule has 1 aliphatic rings. The van der Waals surface area contributed by atoms with Gasteiger partial charge in [0.2, 0.25) is 0 Å². The smallest absolute Gasteiger partial charge is 0.303 e. The highest BCUT2D eigenvalue weighted by atomic mass is 19.1. The SMILES string of the molecule is O=C(CCc1ccccc1)c1cccc(-n2c(=O)n(C3CCC(CC(=O)c4cn5cc(F)ccc5n4)CC3)c(=O)c3cc(F)cnc32)c1. The van der Waals surface area contributed by atoms with Gasteiger partial charge >= 0.3 is 5.69 Å². The van der Waals surface area contributed by atoms with Crippen LogP contribution < -0.4 is 11.2 Å². The van der Waals surface area contributed by atoms with Crippen molar-refractivity contribution in [3.63, 3.8) is 0 Å². The summed E-state index contributed by atoms with van der Waals surface area (Å²) in [5.41, 5.74) is 1.26. The maximum atomic E-state index is 14.4. The summed E-state index contributed by atoms with van der Waals surface area (Å²) >= 11 is 0. The molecule has 0 radical (unpaired) electrons. The van der Waals surface area contributed by atoms with E-state index in [-0.39, 0.29) is 47.1 Å². The lowest BCUT2D eigenvalue weighted by molar-refractivity contribution is 0.0937. The van der Waals surface area contributed by atoms with Gasteiger partial charge in [-0.2, -0.15) is 0 Å². The third kappa shape index (κ3) is 6.11. The summed E-state index contributed by atoms with van der Waals surface area (Å²) in [6.07, 6.45) is 6.87. The summed E-state index contributed by atoms with van der Waals surface area (Å²) in [7, 11) is 0. The first-order chi connectivity index (χ1) is 23.2. The van der Waals surface area contributed by atoms with Gasteiger partial charge in [-0.15, -0.1) is 0 Å². The van der Waals surface area contributed by atoms with Crippen molar-refractivity contribution in [3.8, 4) is 5.69 Å². The van der Waals surface area contributed by atoms with Crippen LogP contribution >= 0.6 is 0 Å². The average molecular weight is 648 g/mol. The molecule has 0 aliphatic heterocycles. The summed E-state index contributed by atoms with van der Waals surface area (Å²) in [5.74, 6) is -1.40. The van der Waals surface area contributed by atoms with Gasteiger partial charge in [-0.1, -0.05) is 42.5 Å². The number of hydrogen-bond acceptors (Lipinski definition) is 6. The van der Waals surface area contributed by atoms with E-state index < -0.39 is 28.9 Å². The number of hydrogen-bond donors (Lipinski definition) is 0. The number of nitrogens with zero attached hydrogens (tertiary/aromatic N) is 5. The van der Waals surface area contributed by atoms with Crippen LogP contribution in [0.1, 0.15) is 71.0 Å². The highest BCUT2D eigenvalue weighted by Crippen LogP contribution is 2.34. The number of ketones is 2. The molecule has 0 saturated heterocycles. The number of carbonyl (C=O) groups excluding carboxylic acids is 2. The number of aromatic nitrogens is 5. The number of Topliss-reactive ketones (excluding diaryl/α,β-unsaturated/α-hetero) is 2. The van der Waals surface area contributed by atoms with Gasteiger partial charge in [0.25, 0.3) is 5.56 Å². The van der Waals surface area contributed by atoms with Crippen LogP contribution in [0.5, 0.6) is 0 Å². The van der Waals surface area contributed by atoms with Crippen LogP contribution in [0.2, 0.25) is 0 Å². The fourth-order valence-electron chi connectivity index (χ4n) is 6.68. The van der Waals surface area contributed by atoms with Crippen molar-refractivity contribution >= 4 is 28.2 Å². The normalized spacial score (nSPS) is 16.4. The van der Waals surface area contributed by atoms with Crippen LogP contribution in [0.3, 0.4) is 0 Å². The molecule has 0 spiro atoms. The lowest BCUT2D eigenvalue weighted by Gasteiger charge is -2.29. The number of fused-ring (bicyclic) bond motifs is 2. The predicted molar refractivity (Wildman–Crippen MR) is 176 cm³/mol. The van der Waals surface area contributed by atoms with E-state index in [0.717, 1.165) is 17.8 Å². The van der Waals surface area contributed by atoms with E-state index in [1.807, 2.05) is 30.3 Å². The van der Waals surface area contributed by atoms with E-state index in [1.165, 1.54) is 38.1 Å². The minimum absolute atomic E-state index is 0.00292. The molecule has 6 aromatic rings. The van der Waals surface area contributed by atoms with Gasteiger partial charge in [-0.25, -0.2) is 28.1 Å². The first-order valence-corrected chi connectivity index (χ1v) is 15.9. The lowest BCUT2D eigenvalue weighted by Crippen LogP contribution is -2.43. The van der Waals surface area contributed by atoms with E-state index >= 15 is 0 Å². The Morgan fingerprint density at radius 1 is 0.833 bits per heavy atom. The number of pyridine rings is 2. The van der Waals surface area contributed by atoms with E-state index in [1.54, 1.807) is 24.3 Å². The number of halogens is 2. The molecular formula is C37H31F2N5O4. The summed E-state index contributed by atoms with van der Waals surface area (Å²) in [6, 6.07) is 19.7. The van der Waals surface area contributed by atoms with E-state index in [9.17, 15) is 28.0 Å². The Morgan fingerprint density at radius 3 is 2.42 bits per heavy atom. The summed E-state index contributed by atoms with van der Waals surface area (Å²) in [5, 5.41) is -0.0454. The van der Waals surface area contributed by atoms with Crippen LogP contribution in [0.25, 0.3) is 22.4 Å². The van der Waals surface area contributed by atoms with Gasteiger partial charge in [0, 0.05) is 36.8 Å². The van der Waals surface area contributed by atoms with Gasteiger partial charge in [0.05, 0.1) is 17.3 Å². The topological polar surface area (TPSA) is 108 Å². The third-order valence-corrected chi connectivity index (χ3v) is 9.16. The molecular weight excluding hydrogens is 616 g/mol. The fourth-order valence-corrected chi connectivity index (χ4v) is 6.68. The molecule has 0 atom stereocenters. The molecule has 1 fully saturated rings. The number of benzene rings is 2. The zero-order valence-electron chi connectivity index (χ0n) is 25.9. The highest BCUT2D eigenvalue weighted by Gasteiger charge is 2.29. The van der Waals surface area contributed by atoms with Crippen LogP contribution in [0, 0.1) is 17.6 Å². The molecule has 7 rings (SSSR count). The van der Waals surface area contributed by atoms with E-state index in [2.05, 4.69) is 9.97 Å². The van der Waals surface area contributed by atoms with Crippen LogP contribution in [-0.4, -0.2) is 35.1 Å². The van der Waals surface area contributed by atoms with Crippen molar-refractivity contribution < 1.29 is 18.4 Å². The zero-order valence-corrected chi connectivity index (χ0v) is 25.9. The number of imidazole rings is 1. The van der Waals surface area contributed by atoms with Crippen molar-refractivity contribution in [1.29, 1.82) is 0 Å². The fraction of sp³-hybridized carbons (Fsp3) is 0.243. The first-order valence-electron chi connectivity index (χ1n) is 15.9. The Hall–Kier alpha value is -5.58. The average Bonchev–Trinajstić information content (AvgIpc) is 3.52. The third-order valence-electron chi connectivity index (χ3n) is 9.16. The second-order valence-corrected chi connectivity index (χ2v) is 12.3. The molecule has 1 aliphatic carbocycles. The zero-order chi connectivity index (χ0) is 33.4. The molecule has 1 saturated carbocycles. The molecule has 242 valence electrons. The quantitative estimate of drug-likeness (QED) is 0.171. The molecule has 9 nitrogen and oxygen atoms in total. The molecule has 0 bridgehead atoms. The standard InChI is InChI=1S/C37H31F2N5O4/c38-26-12-16-34-41-31(22-42(34)21-26)33(46)17-24-9-13-28(14-10-24)44-36(47)30-19-27(39)20-40-35(30)43(37(44)48)29-8-4-7-25(18-29)32(45)15-11-23-5-2-1-3-6-23/h1-8,12,16,18-22,24,28H,9-11,13-15,17H2. The molecule has 48 heavy (non-hydrogen) atoms. The van der Waals surface area contributed by atoms with Crippen LogP contribution in [0.15, 0.2) is 101 Å². The van der Waals surface area contributed by atoms with Crippen LogP contribution in [-0.2, 0) is 6.42 Å². The van der Waals surface area contributed by atoms with Gasteiger partial charge in [0.1, 0.15) is 23.0 Å². The van der Waals surface area contributed by atoms with Gasteiger partial charge in [-0.3, -0.25) is 19.0 Å². The Bertz CT molecular complexity index is 2300. The Balaban J connectivity index is 1.15. The Morgan fingerprint density at radius 2 is 1.62 bits per heavy atom. The van der Waals surface area contributed by atoms with Gasteiger partial charge < -0.3 is 4.40 Å². The number of carbonyl (C=O) groups is 2. The Labute approximate surface area is 273 Å². The van der Waals surface area contributed by atoms with E-state index in [0.29, 0.717) is 49.0 Å². The van der Waals surface area contributed by atoms with Crippen molar-refractivity contribution in [2.45, 2.75) is 51.0 Å². The largest absolute Gasteiger partial charge is 0.337 e. The first kappa shape index (κ1) is 31.0. The minimum atomic E-state index is -0.710. The second-order valence-electron chi connectivity index (χ2n) is 12.3. The molecule has 2 aromatic carbocycles. The monoisotopic (exact) mass is 647 g/mol. The van der Waals surface area contributed by atoms with Crippen LogP contribution in [0.4, 0.5) is 8.78 Å². The minimum Gasteiger partial charge on any atom is -0.303 e. The highest BCUT2D eigenvalue weighted by molar-refractivity contribution is 5.97. The van der Waals surface area contributed by atoms with Crippen molar-refractivity contribution in [2.75, 3.05) is 0 Å². The predicted octanol–water partition coefficient (Wildman–Crippen LogP) is 6.29. The molecule has 0 N–H and O–H groups in total. The van der Waals surface area contributed by atoms with Crippen molar-refractivity contribution in [1.82, 2.24) is 23.5 Å². The number of rotatable bonds is 9. The summed E-state index contributed by atoms with van der Waals surface area (Å²) in [4.78, 5) is 62.6. The second kappa shape index (κ2) is 12.9. The maximum absolute atomic E-state index is 14.4. The lowest BCUT2D eigenvalue weighted by atomic mass is 9.82. The molecule has 4 aromatic heterocycles. The van der Waals surface area contributed by atoms with Gasteiger partial charge in [0.15, 0.2) is 17.2 Å². The number of aryl methyl sites for hydroxylation is 1. The Kier molecular flexibility index (Phi) is 8.34. The van der Waals surface area contributed by atoms with Gasteiger partial charge in [-0.05, 0) is 73.9 Å². The van der Waals surface area contributed by atoms with Crippen molar-refractivity contribution in [3.05, 3.63) is 141 Å².